The number of halogens is 1. The Balaban J connectivity index is 3.24. The molecule has 2 nitrogen and oxygen atoms in total. The highest BCUT2D eigenvalue weighted by atomic mass is 19.1. The monoisotopic (exact) mass is 300 g/mol. The van der Waals surface area contributed by atoms with E-state index in [9.17, 15) is 4.39 Å². The molecule has 0 heterocycles. The molecule has 118 valence electrons. The standard InChI is InChI=1S/C19H25FN2/c1-5-6-7-8-15(3)19(22-12-11-16(4)21)17-10-9-14(2)13-18(17)20/h6-11,13H,5,12,21H2,1-4H3/b7-6-,15-8+,16-11+,22-19?. The molecule has 0 aliphatic heterocycles. The number of rotatable bonds is 6. The van der Waals surface area contributed by atoms with Crippen LogP contribution >= 0.6 is 0 Å². The lowest BCUT2D eigenvalue weighted by Crippen LogP contribution is -2.07. The third kappa shape index (κ3) is 5.68. The summed E-state index contributed by atoms with van der Waals surface area (Å²) in [6.07, 6.45) is 8.77. The fraction of sp³-hybridized carbons (Fsp3) is 0.316. The smallest absolute Gasteiger partial charge is 0.132 e. The quantitative estimate of drug-likeness (QED) is 0.600. The fourth-order valence-corrected chi connectivity index (χ4v) is 1.94. The van der Waals surface area contributed by atoms with Gasteiger partial charge in [-0.1, -0.05) is 31.2 Å². The zero-order valence-electron chi connectivity index (χ0n) is 13.9. The van der Waals surface area contributed by atoms with Gasteiger partial charge in [0.15, 0.2) is 0 Å². The van der Waals surface area contributed by atoms with E-state index in [2.05, 4.69) is 18.0 Å². The van der Waals surface area contributed by atoms with Crippen LogP contribution in [0.4, 0.5) is 4.39 Å². The lowest BCUT2D eigenvalue weighted by Gasteiger charge is -2.09. The summed E-state index contributed by atoms with van der Waals surface area (Å²) in [7, 11) is 0. The van der Waals surface area contributed by atoms with Crippen LogP contribution in [-0.2, 0) is 0 Å². The Hall–Kier alpha value is -2.16. The Morgan fingerprint density at radius 2 is 2.05 bits per heavy atom. The number of hydrogen-bond donors (Lipinski definition) is 1. The molecule has 0 saturated carbocycles. The first kappa shape index (κ1) is 17.9. The van der Waals surface area contributed by atoms with E-state index in [0.717, 1.165) is 17.6 Å². The molecule has 0 spiro atoms. The van der Waals surface area contributed by atoms with E-state index in [4.69, 9.17) is 5.73 Å². The van der Waals surface area contributed by atoms with Crippen molar-refractivity contribution in [2.75, 3.05) is 6.54 Å². The van der Waals surface area contributed by atoms with Crippen LogP contribution in [0.1, 0.15) is 38.3 Å². The second kappa shape index (κ2) is 8.98. The fourth-order valence-electron chi connectivity index (χ4n) is 1.94. The largest absolute Gasteiger partial charge is 0.402 e. The van der Waals surface area contributed by atoms with Gasteiger partial charge in [0.25, 0.3) is 0 Å². The van der Waals surface area contributed by atoms with Crippen LogP contribution in [0, 0.1) is 12.7 Å². The van der Waals surface area contributed by atoms with Crippen LogP contribution in [-0.4, -0.2) is 12.3 Å². The van der Waals surface area contributed by atoms with Gasteiger partial charge in [0.2, 0.25) is 0 Å². The van der Waals surface area contributed by atoms with Crippen LogP contribution in [0.2, 0.25) is 0 Å². The molecule has 0 saturated heterocycles. The number of aryl methyl sites for hydroxylation is 1. The zero-order chi connectivity index (χ0) is 16.5. The van der Waals surface area contributed by atoms with Gasteiger partial charge in [0.05, 0.1) is 12.3 Å². The van der Waals surface area contributed by atoms with Crippen molar-refractivity contribution >= 4 is 5.71 Å². The molecule has 1 rings (SSSR count). The van der Waals surface area contributed by atoms with E-state index in [1.807, 2.05) is 45.1 Å². The lowest BCUT2D eigenvalue weighted by molar-refractivity contribution is 0.624. The average Bonchev–Trinajstić information content (AvgIpc) is 2.44. The molecule has 0 atom stereocenters. The van der Waals surface area contributed by atoms with Crippen molar-refractivity contribution in [3.8, 4) is 0 Å². The first-order valence-corrected chi connectivity index (χ1v) is 7.52. The van der Waals surface area contributed by atoms with Crippen LogP contribution in [0.15, 0.2) is 58.8 Å². The van der Waals surface area contributed by atoms with Gasteiger partial charge in [-0.05, 0) is 56.5 Å². The minimum atomic E-state index is -0.251. The summed E-state index contributed by atoms with van der Waals surface area (Å²) in [5.74, 6) is -0.251. The molecule has 1 aromatic carbocycles. The van der Waals surface area contributed by atoms with Gasteiger partial charge in [-0.2, -0.15) is 0 Å². The SMILES string of the molecule is CC/C=C\C=C(/C)C(=NC/C=C(\C)N)c1ccc(C)cc1F. The van der Waals surface area contributed by atoms with E-state index in [1.165, 1.54) is 6.07 Å². The summed E-state index contributed by atoms with van der Waals surface area (Å²) in [6.45, 7) is 8.14. The molecular formula is C19H25FN2. The Kier molecular flexibility index (Phi) is 7.30. The number of aliphatic imine (C=N–C) groups is 1. The van der Waals surface area contributed by atoms with Gasteiger partial charge in [-0.3, -0.25) is 4.99 Å². The third-order valence-corrected chi connectivity index (χ3v) is 3.13. The van der Waals surface area contributed by atoms with Crippen molar-refractivity contribution in [1.82, 2.24) is 0 Å². The first-order chi connectivity index (χ1) is 10.5. The summed E-state index contributed by atoms with van der Waals surface area (Å²) in [4.78, 5) is 4.52. The van der Waals surface area contributed by atoms with Crippen molar-refractivity contribution < 1.29 is 4.39 Å². The van der Waals surface area contributed by atoms with Crippen molar-refractivity contribution in [1.29, 1.82) is 0 Å². The van der Waals surface area contributed by atoms with E-state index >= 15 is 0 Å². The van der Waals surface area contributed by atoms with Crippen LogP contribution < -0.4 is 5.73 Å². The Labute approximate surface area is 133 Å². The molecule has 0 aliphatic rings. The number of allylic oxidation sites excluding steroid dienone is 5. The van der Waals surface area contributed by atoms with Gasteiger partial charge < -0.3 is 5.73 Å². The number of nitrogens with zero attached hydrogens (tertiary/aromatic N) is 1. The van der Waals surface area contributed by atoms with Crippen molar-refractivity contribution in [3.63, 3.8) is 0 Å². The Morgan fingerprint density at radius 3 is 2.64 bits per heavy atom. The average molecular weight is 300 g/mol. The third-order valence-electron chi connectivity index (χ3n) is 3.13. The molecule has 1 aromatic rings. The molecule has 0 fully saturated rings. The highest BCUT2D eigenvalue weighted by Gasteiger charge is 2.11. The molecular weight excluding hydrogens is 275 g/mol. The summed E-state index contributed by atoms with van der Waals surface area (Å²) < 4.78 is 14.3. The normalized spacial score (nSPS) is 14.0. The first-order valence-electron chi connectivity index (χ1n) is 7.52. The van der Waals surface area contributed by atoms with Gasteiger partial charge in [0.1, 0.15) is 5.82 Å². The second-order valence-corrected chi connectivity index (χ2v) is 5.31. The van der Waals surface area contributed by atoms with Crippen molar-refractivity contribution in [2.45, 2.75) is 34.1 Å². The molecule has 0 aromatic heterocycles. The second-order valence-electron chi connectivity index (χ2n) is 5.31. The Morgan fingerprint density at radius 1 is 1.32 bits per heavy atom. The Bertz CT molecular complexity index is 618. The van der Waals surface area contributed by atoms with Crippen molar-refractivity contribution in [3.05, 3.63) is 70.7 Å². The highest BCUT2D eigenvalue weighted by molar-refractivity contribution is 6.12. The van der Waals surface area contributed by atoms with E-state index < -0.39 is 0 Å². The van der Waals surface area contributed by atoms with Crippen LogP contribution in [0.5, 0.6) is 0 Å². The molecule has 3 heteroatoms. The molecule has 0 bridgehead atoms. The topological polar surface area (TPSA) is 38.4 Å². The summed E-state index contributed by atoms with van der Waals surface area (Å²) in [5, 5.41) is 0. The summed E-state index contributed by atoms with van der Waals surface area (Å²) in [6, 6.07) is 5.21. The predicted molar refractivity (Wildman–Crippen MR) is 93.7 cm³/mol. The van der Waals surface area contributed by atoms with Gasteiger partial charge in [-0.15, -0.1) is 0 Å². The molecule has 2 N–H and O–H groups in total. The minimum absolute atomic E-state index is 0.251. The van der Waals surface area contributed by atoms with Gasteiger partial charge in [0, 0.05) is 11.3 Å². The summed E-state index contributed by atoms with van der Waals surface area (Å²) in [5.41, 5.74) is 9.35. The summed E-state index contributed by atoms with van der Waals surface area (Å²) >= 11 is 0. The molecule has 0 amide bonds. The van der Waals surface area contributed by atoms with E-state index in [-0.39, 0.29) is 5.82 Å². The predicted octanol–water partition coefficient (Wildman–Crippen LogP) is 4.70. The zero-order valence-corrected chi connectivity index (χ0v) is 13.9. The maximum atomic E-state index is 14.3. The maximum absolute atomic E-state index is 14.3. The van der Waals surface area contributed by atoms with Gasteiger partial charge in [-0.25, -0.2) is 4.39 Å². The van der Waals surface area contributed by atoms with E-state index in [1.54, 1.807) is 6.07 Å². The number of hydrogen-bond acceptors (Lipinski definition) is 2. The molecule has 22 heavy (non-hydrogen) atoms. The molecule has 0 radical (unpaired) electrons. The van der Waals surface area contributed by atoms with Crippen molar-refractivity contribution in [2.24, 2.45) is 10.7 Å². The van der Waals surface area contributed by atoms with Crippen LogP contribution in [0.3, 0.4) is 0 Å². The molecule has 0 unspecified atom stereocenters. The van der Waals surface area contributed by atoms with E-state index in [0.29, 0.717) is 23.5 Å². The van der Waals surface area contributed by atoms with Gasteiger partial charge >= 0.3 is 0 Å². The van der Waals surface area contributed by atoms with Crippen LogP contribution in [0.25, 0.3) is 0 Å². The highest BCUT2D eigenvalue weighted by Crippen LogP contribution is 2.16. The number of benzene rings is 1. The lowest BCUT2D eigenvalue weighted by atomic mass is 10.0. The molecule has 0 aliphatic carbocycles. The number of nitrogens with two attached hydrogens (primary N) is 1. The maximum Gasteiger partial charge on any atom is 0.132 e. The minimum Gasteiger partial charge on any atom is -0.402 e.